The van der Waals surface area contributed by atoms with Crippen molar-refractivity contribution in [3.05, 3.63) is 82.2 Å². The summed E-state index contributed by atoms with van der Waals surface area (Å²) >= 11 is 0. The van der Waals surface area contributed by atoms with E-state index in [1.165, 1.54) is 11.1 Å². The van der Waals surface area contributed by atoms with Crippen LogP contribution in [0.1, 0.15) is 66.0 Å². The molecule has 3 heterocycles. The molecule has 0 saturated heterocycles. The first-order chi connectivity index (χ1) is 18.6. The third-order valence-corrected chi connectivity index (χ3v) is 8.50. The molecule has 1 atom stereocenters. The summed E-state index contributed by atoms with van der Waals surface area (Å²) in [4.78, 5) is 19.4. The highest BCUT2D eigenvalue weighted by atomic mass is 16.5. The summed E-state index contributed by atoms with van der Waals surface area (Å²) in [6, 6.07) is 12.5. The lowest BCUT2D eigenvalue weighted by Gasteiger charge is -2.31. The monoisotopic (exact) mass is 525 g/mol. The Morgan fingerprint density at radius 1 is 1.15 bits per heavy atom. The van der Waals surface area contributed by atoms with Crippen LogP contribution < -0.4 is 4.74 Å². The van der Waals surface area contributed by atoms with Crippen molar-refractivity contribution in [3.63, 3.8) is 0 Å². The minimum absolute atomic E-state index is 0.269. The highest BCUT2D eigenvalue weighted by molar-refractivity contribution is 5.83. The summed E-state index contributed by atoms with van der Waals surface area (Å²) in [7, 11) is 1.88. The van der Waals surface area contributed by atoms with Gasteiger partial charge in [-0.05, 0) is 80.5 Å². The van der Waals surface area contributed by atoms with E-state index in [1.807, 2.05) is 32.3 Å². The minimum Gasteiger partial charge on any atom is -0.486 e. The molecule has 0 radical (unpaired) electrons. The van der Waals surface area contributed by atoms with Crippen molar-refractivity contribution >= 4 is 17.0 Å². The SMILES string of the molecule is Cc1ccc(C(c2ccc3c(nnn3C)c2C)C2(C(=O)O)CC2)cc1CN1Cc2cnccc2OC(C)(C)C1. The normalized spacial score (nSPS) is 18.7. The zero-order chi connectivity index (χ0) is 27.5. The fraction of sp³-hybridized carbons (Fsp3) is 0.419. The first kappa shape index (κ1) is 25.5. The number of pyridine rings is 1. The molecule has 0 bridgehead atoms. The molecule has 0 amide bonds. The first-order valence-electron chi connectivity index (χ1n) is 13.5. The molecular weight excluding hydrogens is 490 g/mol. The van der Waals surface area contributed by atoms with Gasteiger partial charge in [-0.25, -0.2) is 4.68 Å². The standard InChI is InChI=1S/C31H35N5O3/c1-19-6-7-21(14-22(19)16-36-17-23-15-32-13-10-26(23)39-30(3,4)18-36)27(31(11-12-31)29(37)38)24-8-9-25-28(20(24)2)33-34-35(25)5/h6-10,13-15,27H,11-12,16-18H2,1-5H3,(H,37,38). The van der Waals surface area contributed by atoms with E-state index < -0.39 is 11.4 Å². The lowest BCUT2D eigenvalue weighted by atomic mass is 9.75. The van der Waals surface area contributed by atoms with Gasteiger partial charge in [0.1, 0.15) is 16.9 Å². The molecule has 1 aliphatic carbocycles. The lowest BCUT2D eigenvalue weighted by molar-refractivity contribution is -0.143. The Kier molecular flexibility index (Phi) is 5.99. The zero-order valence-electron chi connectivity index (χ0n) is 23.2. The highest BCUT2D eigenvalue weighted by Gasteiger charge is 2.57. The average Bonchev–Trinajstić information content (AvgIpc) is 3.62. The number of benzene rings is 2. The van der Waals surface area contributed by atoms with Crippen molar-refractivity contribution < 1.29 is 14.6 Å². The Morgan fingerprint density at radius 3 is 2.69 bits per heavy atom. The van der Waals surface area contributed by atoms with Gasteiger partial charge in [-0.15, -0.1) is 5.10 Å². The largest absolute Gasteiger partial charge is 0.486 e. The third-order valence-electron chi connectivity index (χ3n) is 8.50. The Morgan fingerprint density at radius 2 is 1.95 bits per heavy atom. The Hall–Kier alpha value is -3.78. The van der Waals surface area contributed by atoms with Gasteiger partial charge in [0.2, 0.25) is 0 Å². The van der Waals surface area contributed by atoms with Crippen LogP contribution in [0.5, 0.6) is 5.75 Å². The predicted molar refractivity (Wildman–Crippen MR) is 149 cm³/mol. The number of fused-ring (bicyclic) bond motifs is 2. The number of carbonyl (C=O) groups is 1. The summed E-state index contributed by atoms with van der Waals surface area (Å²) in [6.07, 6.45) is 4.98. The minimum atomic E-state index is -0.809. The van der Waals surface area contributed by atoms with Crippen molar-refractivity contribution in [1.29, 1.82) is 0 Å². The van der Waals surface area contributed by atoms with Crippen LogP contribution in [0.4, 0.5) is 0 Å². The second-order valence-corrected chi connectivity index (χ2v) is 11.9. The van der Waals surface area contributed by atoms with Crippen LogP contribution in [-0.4, -0.2) is 48.1 Å². The van der Waals surface area contributed by atoms with Gasteiger partial charge in [-0.1, -0.05) is 29.5 Å². The number of hydrogen-bond donors (Lipinski definition) is 1. The summed E-state index contributed by atoms with van der Waals surface area (Å²) in [5.41, 5.74) is 7.11. The van der Waals surface area contributed by atoms with Crippen LogP contribution in [0.25, 0.3) is 11.0 Å². The smallest absolute Gasteiger partial charge is 0.310 e. The van der Waals surface area contributed by atoms with Crippen LogP contribution in [0.2, 0.25) is 0 Å². The highest BCUT2D eigenvalue weighted by Crippen LogP contribution is 2.59. The molecule has 8 heteroatoms. The van der Waals surface area contributed by atoms with Gasteiger partial charge in [0.15, 0.2) is 0 Å². The summed E-state index contributed by atoms with van der Waals surface area (Å²) in [5, 5.41) is 19.0. The number of ether oxygens (including phenoxy) is 1. The van der Waals surface area contributed by atoms with E-state index in [4.69, 9.17) is 4.74 Å². The van der Waals surface area contributed by atoms with Gasteiger partial charge in [-0.2, -0.15) is 0 Å². The van der Waals surface area contributed by atoms with Crippen molar-refractivity contribution in [2.24, 2.45) is 12.5 Å². The Bertz CT molecular complexity index is 1590. The maximum absolute atomic E-state index is 12.7. The molecule has 39 heavy (non-hydrogen) atoms. The van der Waals surface area contributed by atoms with Crippen LogP contribution in [0.15, 0.2) is 48.8 Å². The maximum Gasteiger partial charge on any atom is 0.310 e. The zero-order valence-corrected chi connectivity index (χ0v) is 23.2. The van der Waals surface area contributed by atoms with Gasteiger partial charge >= 0.3 is 5.97 Å². The molecule has 8 nitrogen and oxygen atoms in total. The van der Waals surface area contributed by atoms with Gasteiger partial charge in [-0.3, -0.25) is 14.7 Å². The number of aryl methyl sites for hydroxylation is 3. The van der Waals surface area contributed by atoms with E-state index in [1.54, 1.807) is 10.9 Å². The van der Waals surface area contributed by atoms with Crippen LogP contribution in [0, 0.1) is 19.3 Å². The van der Waals surface area contributed by atoms with E-state index in [0.29, 0.717) is 12.8 Å². The molecule has 4 aromatic rings. The Balaban J connectivity index is 1.41. The molecular formula is C31H35N5O3. The number of carboxylic acid groups (broad SMARTS) is 1. The van der Waals surface area contributed by atoms with Gasteiger partial charge in [0, 0.05) is 50.6 Å². The number of aromatic nitrogens is 4. The van der Waals surface area contributed by atoms with Crippen molar-refractivity contribution in [3.8, 4) is 5.75 Å². The molecule has 1 aliphatic heterocycles. The van der Waals surface area contributed by atoms with E-state index in [9.17, 15) is 9.90 Å². The lowest BCUT2D eigenvalue weighted by Crippen LogP contribution is -2.40. The molecule has 2 aromatic heterocycles. The quantitative estimate of drug-likeness (QED) is 0.372. The second-order valence-electron chi connectivity index (χ2n) is 11.9. The molecule has 0 spiro atoms. The van der Waals surface area contributed by atoms with E-state index in [-0.39, 0.29) is 11.5 Å². The molecule has 202 valence electrons. The number of rotatable bonds is 6. The molecule has 1 fully saturated rings. The maximum atomic E-state index is 12.7. The number of aliphatic carboxylic acids is 1. The van der Waals surface area contributed by atoms with Gasteiger partial charge in [0.05, 0.1) is 10.9 Å². The van der Waals surface area contributed by atoms with Crippen molar-refractivity contribution in [1.82, 2.24) is 24.9 Å². The number of hydrogen-bond acceptors (Lipinski definition) is 6. The van der Waals surface area contributed by atoms with Crippen molar-refractivity contribution in [2.75, 3.05) is 6.54 Å². The topological polar surface area (TPSA) is 93.4 Å². The summed E-state index contributed by atoms with van der Waals surface area (Å²) in [6.45, 7) is 10.6. The van der Waals surface area contributed by atoms with Crippen LogP contribution in [-0.2, 0) is 24.9 Å². The molecule has 1 saturated carbocycles. The third kappa shape index (κ3) is 4.46. The number of carboxylic acids is 1. The average molecular weight is 526 g/mol. The summed E-state index contributed by atoms with van der Waals surface area (Å²) < 4.78 is 8.09. The molecule has 1 unspecified atom stereocenters. The van der Waals surface area contributed by atoms with E-state index in [0.717, 1.165) is 58.7 Å². The fourth-order valence-corrected chi connectivity index (χ4v) is 6.31. The van der Waals surface area contributed by atoms with Crippen LogP contribution in [0.3, 0.4) is 0 Å². The Labute approximate surface area is 228 Å². The van der Waals surface area contributed by atoms with Crippen molar-refractivity contribution in [2.45, 2.75) is 65.1 Å². The van der Waals surface area contributed by atoms with Crippen LogP contribution >= 0.6 is 0 Å². The molecule has 1 N–H and O–H groups in total. The van der Waals surface area contributed by atoms with Gasteiger partial charge in [0.25, 0.3) is 0 Å². The van der Waals surface area contributed by atoms with Gasteiger partial charge < -0.3 is 9.84 Å². The number of nitrogens with zero attached hydrogens (tertiary/aromatic N) is 5. The first-order valence-corrected chi connectivity index (χ1v) is 13.5. The molecule has 2 aliphatic rings. The predicted octanol–water partition coefficient (Wildman–Crippen LogP) is 5.15. The van der Waals surface area contributed by atoms with E-state index >= 15 is 0 Å². The fourth-order valence-electron chi connectivity index (χ4n) is 6.31. The van der Waals surface area contributed by atoms with E-state index in [2.05, 4.69) is 65.2 Å². The summed E-state index contributed by atoms with van der Waals surface area (Å²) in [5.74, 6) is -0.117. The second kappa shape index (κ2) is 9.16. The molecule has 2 aromatic carbocycles. The molecule has 6 rings (SSSR count).